The molecule has 0 saturated carbocycles. The van der Waals surface area contributed by atoms with Crippen molar-refractivity contribution >= 4 is 11.6 Å². The predicted molar refractivity (Wildman–Crippen MR) is 24.9 cm³/mol. The van der Waals surface area contributed by atoms with Crippen LogP contribution in [0.4, 0.5) is 0 Å². The van der Waals surface area contributed by atoms with E-state index in [0.717, 1.165) is 0 Å². The van der Waals surface area contributed by atoms with Crippen LogP contribution in [0.1, 0.15) is 6.92 Å². The van der Waals surface area contributed by atoms with Crippen molar-refractivity contribution in [3.63, 3.8) is 0 Å². The highest BCUT2D eigenvalue weighted by molar-refractivity contribution is 6.25. The van der Waals surface area contributed by atoms with Crippen LogP contribution in [0.25, 0.3) is 0 Å². The summed E-state index contributed by atoms with van der Waals surface area (Å²) in [6.07, 6.45) is 0. The molecule has 0 saturated heterocycles. The Morgan fingerprint density at radius 2 is 2.50 bits per heavy atom. The van der Waals surface area contributed by atoms with Crippen molar-refractivity contribution in [3.05, 3.63) is 11.3 Å². The molecule has 0 aromatic heterocycles. The molecule has 0 atom stereocenters. The highest BCUT2D eigenvalue weighted by Crippen LogP contribution is 1.90. The monoisotopic (exact) mass is 107 g/mol. The third-order valence-electron chi connectivity index (χ3n) is 0.340. The first-order valence-corrected chi connectivity index (χ1v) is 1.88. The largest absolute Gasteiger partial charge is 0.415 e. The lowest BCUT2D eigenvalue weighted by molar-refractivity contribution is 0.223. The van der Waals surface area contributed by atoms with Crippen LogP contribution in [-0.4, -0.2) is 0 Å². The van der Waals surface area contributed by atoms with Crippen LogP contribution in [0.5, 0.6) is 0 Å². The van der Waals surface area contributed by atoms with E-state index in [1.54, 1.807) is 6.92 Å². The van der Waals surface area contributed by atoms with Gasteiger partial charge in [0.2, 0.25) is 0 Å². The topological polar surface area (TPSA) is 35.2 Å². The molecule has 0 radical (unpaired) electrons. The maximum atomic E-state index is 5.09. The van der Waals surface area contributed by atoms with Crippen LogP contribution in [0.15, 0.2) is 11.3 Å². The van der Waals surface area contributed by atoms with E-state index in [2.05, 4.69) is 10.7 Å². The molecular weight excluding hydrogens is 101 g/mol. The molecular formula is C3H6ClNO. The van der Waals surface area contributed by atoms with Gasteiger partial charge in [-0.2, -0.15) is 5.90 Å². The van der Waals surface area contributed by atoms with Gasteiger partial charge in [0.25, 0.3) is 0 Å². The molecule has 6 heavy (non-hydrogen) atoms. The van der Waals surface area contributed by atoms with E-state index < -0.39 is 0 Å². The van der Waals surface area contributed by atoms with E-state index >= 15 is 0 Å². The van der Waals surface area contributed by atoms with E-state index in [0.29, 0.717) is 5.76 Å². The molecule has 0 bridgehead atoms. The number of rotatable bonds is 1. The summed E-state index contributed by atoms with van der Waals surface area (Å²) in [5.74, 6) is 5.14. The normalized spacial score (nSPS) is 11.5. The van der Waals surface area contributed by atoms with Crippen LogP contribution in [0.2, 0.25) is 0 Å². The third kappa shape index (κ3) is 2.05. The smallest absolute Gasteiger partial charge is 0.132 e. The summed E-state index contributed by atoms with van der Waals surface area (Å²) in [5, 5.41) is 0. The van der Waals surface area contributed by atoms with Gasteiger partial charge in [-0.05, 0) is 6.92 Å². The summed E-state index contributed by atoms with van der Waals surface area (Å²) in [6.45, 7) is 1.66. The molecule has 36 valence electrons. The summed E-state index contributed by atoms with van der Waals surface area (Å²) < 4.78 is 0. The summed E-state index contributed by atoms with van der Waals surface area (Å²) in [5.41, 5.74) is 1.26. The van der Waals surface area contributed by atoms with E-state index in [1.165, 1.54) is 5.54 Å². The van der Waals surface area contributed by atoms with Gasteiger partial charge in [-0.3, -0.25) is 0 Å². The molecule has 0 spiro atoms. The van der Waals surface area contributed by atoms with Gasteiger partial charge in [0.05, 0.1) is 0 Å². The van der Waals surface area contributed by atoms with Crippen LogP contribution in [0.3, 0.4) is 0 Å². The Balaban J connectivity index is 3.22. The number of halogens is 1. The Morgan fingerprint density at radius 3 is 2.50 bits per heavy atom. The minimum atomic E-state index is 0.511. The second-order valence-corrected chi connectivity index (χ2v) is 1.06. The highest BCUT2D eigenvalue weighted by Gasteiger charge is 1.75. The lowest BCUT2D eigenvalue weighted by Gasteiger charge is -1.89. The zero-order valence-electron chi connectivity index (χ0n) is 3.44. The Kier molecular flexibility index (Phi) is 2.89. The van der Waals surface area contributed by atoms with Gasteiger partial charge < -0.3 is 4.84 Å². The first-order valence-electron chi connectivity index (χ1n) is 1.45. The van der Waals surface area contributed by atoms with Gasteiger partial charge in [-0.25, -0.2) is 0 Å². The van der Waals surface area contributed by atoms with Crippen LogP contribution >= 0.6 is 11.6 Å². The van der Waals surface area contributed by atoms with Crippen molar-refractivity contribution in [2.45, 2.75) is 6.92 Å². The molecule has 0 amide bonds. The highest BCUT2D eigenvalue weighted by atomic mass is 35.5. The van der Waals surface area contributed by atoms with Gasteiger partial charge in [0, 0.05) is 5.54 Å². The molecule has 0 aliphatic carbocycles. The number of hydrogen-bond acceptors (Lipinski definition) is 2. The van der Waals surface area contributed by atoms with Crippen LogP contribution < -0.4 is 5.90 Å². The second-order valence-electron chi connectivity index (χ2n) is 0.838. The van der Waals surface area contributed by atoms with Crippen molar-refractivity contribution < 1.29 is 4.84 Å². The van der Waals surface area contributed by atoms with Crippen molar-refractivity contribution in [2.75, 3.05) is 0 Å². The second kappa shape index (κ2) is 3.00. The fourth-order valence-corrected chi connectivity index (χ4v) is 0.0772. The SMILES string of the molecule is CC(=CCl)ON. The Labute approximate surface area is 41.5 Å². The summed E-state index contributed by atoms with van der Waals surface area (Å²) >= 11 is 5.09. The van der Waals surface area contributed by atoms with E-state index in [-0.39, 0.29) is 0 Å². The van der Waals surface area contributed by atoms with Gasteiger partial charge in [0.15, 0.2) is 0 Å². The number of allylic oxidation sites excluding steroid dienone is 1. The molecule has 3 heteroatoms. The molecule has 0 aromatic rings. The number of hydrogen-bond donors (Lipinski definition) is 1. The maximum Gasteiger partial charge on any atom is 0.132 e. The molecule has 0 rings (SSSR count). The van der Waals surface area contributed by atoms with Crippen LogP contribution in [0, 0.1) is 0 Å². The molecule has 0 heterocycles. The molecule has 0 fully saturated rings. The van der Waals surface area contributed by atoms with Crippen molar-refractivity contribution in [2.24, 2.45) is 5.90 Å². The molecule has 0 aromatic carbocycles. The molecule has 0 aliphatic heterocycles. The minimum Gasteiger partial charge on any atom is -0.415 e. The molecule has 2 N–H and O–H groups in total. The summed E-state index contributed by atoms with van der Waals surface area (Å²) in [7, 11) is 0. The number of nitrogens with two attached hydrogens (primary N) is 1. The molecule has 0 unspecified atom stereocenters. The Hall–Kier alpha value is -0.210. The van der Waals surface area contributed by atoms with Gasteiger partial charge in [0.1, 0.15) is 5.76 Å². The lowest BCUT2D eigenvalue weighted by Crippen LogP contribution is -1.93. The quantitative estimate of drug-likeness (QED) is 0.401. The van der Waals surface area contributed by atoms with Crippen LogP contribution in [-0.2, 0) is 4.84 Å². The average molecular weight is 108 g/mol. The van der Waals surface area contributed by atoms with Crippen molar-refractivity contribution in [3.8, 4) is 0 Å². The third-order valence-corrected chi connectivity index (χ3v) is 0.647. The summed E-state index contributed by atoms with van der Waals surface area (Å²) in [4.78, 5) is 4.13. The minimum absolute atomic E-state index is 0.511. The van der Waals surface area contributed by atoms with Gasteiger partial charge in [-0.15, -0.1) is 0 Å². The van der Waals surface area contributed by atoms with Gasteiger partial charge in [-0.1, -0.05) is 11.6 Å². The summed E-state index contributed by atoms with van der Waals surface area (Å²) in [6, 6.07) is 0. The maximum absolute atomic E-state index is 5.09. The van der Waals surface area contributed by atoms with Gasteiger partial charge >= 0.3 is 0 Å². The first kappa shape index (κ1) is 5.79. The van der Waals surface area contributed by atoms with E-state index in [1.807, 2.05) is 0 Å². The average Bonchev–Trinajstić information content (AvgIpc) is 1.65. The molecule has 0 aliphatic rings. The zero-order valence-corrected chi connectivity index (χ0v) is 4.20. The predicted octanol–water partition coefficient (Wildman–Crippen LogP) is 0.977. The first-order chi connectivity index (χ1) is 2.81. The Morgan fingerprint density at radius 1 is 2.00 bits per heavy atom. The van der Waals surface area contributed by atoms with E-state index in [9.17, 15) is 0 Å². The standard InChI is InChI=1S/C3H6ClNO/c1-3(2-4)6-5/h2H,5H2,1H3. The molecule has 2 nitrogen and oxygen atoms in total. The fourth-order valence-electron chi connectivity index (χ4n) is 0.0257. The van der Waals surface area contributed by atoms with Crippen molar-refractivity contribution in [1.82, 2.24) is 0 Å². The van der Waals surface area contributed by atoms with E-state index in [4.69, 9.17) is 11.6 Å². The lowest BCUT2D eigenvalue weighted by atomic mass is 10.7. The zero-order chi connectivity index (χ0) is 4.99. The Bertz CT molecular complexity index is 61.8. The fraction of sp³-hybridized carbons (Fsp3) is 0.333. The van der Waals surface area contributed by atoms with Crippen molar-refractivity contribution in [1.29, 1.82) is 0 Å².